The van der Waals surface area contributed by atoms with Gasteiger partial charge in [-0.1, -0.05) is 18.2 Å². The first-order valence-electron chi connectivity index (χ1n) is 10.4. The van der Waals surface area contributed by atoms with Crippen LogP contribution < -0.4 is 10.1 Å². The molecule has 4 aromatic rings. The Morgan fingerprint density at radius 2 is 1.84 bits per heavy atom. The molecule has 0 unspecified atom stereocenters. The maximum Gasteiger partial charge on any atom is 0.228 e. The molecule has 0 aliphatic heterocycles. The van der Waals surface area contributed by atoms with Crippen LogP contribution in [0, 0.1) is 20.8 Å². The highest BCUT2D eigenvalue weighted by Crippen LogP contribution is 2.24. The number of methoxy groups -OCH3 is 1. The number of ether oxygens (including phenoxy) is 1. The molecular formula is C25H26N4O3. The van der Waals surface area contributed by atoms with E-state index in [1.807, 2.05) is 80.1 Å². The van der Waals surface area contributed by atoms with Gasteiger partial charge in [0.15, 0.2) is 0 Å². The lowest BCUT2D eigenvalue weighted by Crippen LogP contribution is -2.14. The number of aromatic nitrogens is 3. The molecule has 0 fully saturated rings. The minimum absolute atomic E-state index is 0.110. The zero-order chi connectivity index (χ0) is 22.7. The van der Waals surface area contributed by atoms with E-state index < -0.39 is 0 Å². The SMILES string of the molecule is COc1ccccc1CC(=O)Nc1ccc(-c2nc(Cn3nc(C)cc3C)c(C)o2)cc1. The Morgan fingerprint density at radius 3 is 2.53 bits per heavy atom. The lowest BCUT2D eigenvalue weighted by Gasteiger charge is -2.09. The number of amides is 1. The Labute approximate surface area is 187 Å². The fourth-order valence-electron chi connectivity index (χ4n) is 3.60. The van der Waals surface area contributed by atoms with Gasteiger partial charge in [0.1, 0.15) is 17.2 Å². The van der Waals surface area contributed by atoms with E-state index in [-0.39, 0.29) is 12.3 Å². The quantitative estimate of drug-likeness (QED) is 0.459. The molecule has 4 rings (SSSR count). The normalized spacial score (nSPS) is 10.9. The molecule has 0 bridgehead atoms. The van der Waals surface area contributed by atoms with Gasteiger partial charge < -0.3 is 14.5 Å². The summed E-state index contributed by atoms with van der Waals surface area (Å²) >= 11 is 0. The van der Waals surface area contributed by atoms with Gasteiger partial charge in [-0.3, -0.25) is 9.48 Å². The summed E-state index contributed by atoms with van der Waals surface area (Å²) in [5.74, 6) is 1.91. The molecule has 0 saturated carbocycles. The summed E-state index contributed by atoms with van der Waals surface area (Å²) in [5, 5.41) is 7.42. The highest BCUT2D eigenvalue weighted by molar-refractivity contribution is 5.92. The Balaban J connectivity index is 1.43. The highest BCUT2D eigenvalue weighted by Gasteiger charge is 2.14. The van der Waals surface area contributed by atoms with Crippen LogP contribution in [0.2, 0.25) is 0 Å². The number of para-hydroxylation sites is 1. The van der Waals surface area contributed by atoms with Gasteiger partial charge in [0.25, 0.3) is 0 Å². The first-order chi connectivity index (χ1) is 15.4. The van der Waals surface area contributed by atoms with Crippen LogP contribution in [0.25, 0.3) is 11.5 Å². The molecule has 0 aliphatic rings. The topological polar surface area (TPSA) is 82.2 Å². The first-order valence-corrected chi connectivity index (χ1v) is 10.4. The minimum atomic E-state index is -0.110. The zero-order valence-corrected chi connectivity index (χ0v) is 18.7. The molecule has 32 heavy (non-hydrogen) atoms. The van der Waals surface area contributed by atoms with Crippen molar-refractivity contribution in [1.29, 1.82) is 0 Å². The van der Waals surface area contributed by atoms with Gasteiger partial charge in [-0.25, -0.2) is 4.98 Å². The second kappa shape index (κ2) is 9.09. The van der Waals surface area contributed by atoms with Crippen molar-refractivity contribution in [2.75, 3.05) is 12.4 Å². The number of carbonyl (C=O) groups excluding carboxylic acids is 1. The third-order valence-electron chi connectivity index (χ3n) is 5.25. The van der Waals surface area contributed by atoms with Crippen LogP contribution in [0.1, 0.15) is 28.4 Å². The van der Waals surface area contributed by atoms with Crippen molar-refractivity contribution in [1.82, 2.24) is 14.8 Å². The van der Waals surface area contributed by atoms with E-state index in [0.29, 0.717) is 23.9 Å². The third-order valence-corrected chi connectivity index (χ3v) is 5.25. The predicted molar refractivity (Wildman–Crippen MR) is 123 cm³/mol. The smallest absolute Gasteiger partial charge is 0.228 e. The average Bonchev–Trinajstić information content (AvgIpc) is 3.30. The van der Waals surface area contributed by atoms with Crippen LogP contribution in [0.15, 0.2) is 59.0 Å². The number of aryl methyl sites for hydroxylation is 3. The van der Waals surface area contributed by atoms with E-state index in [9.17, 15) is 4.79 Å². The second-order valence-corrected chi connectivity index (χ2v) is 7.72. The van der Waals surface area contributed by atoms with Crippen LogP contribution in [0.3, 0.4) is 0 Å². The van der Waals surface area contributed by atoms with Crippen molar-refractivity contribution >= 4 is 11.6 Å². The summed E-state index contributed by atoms with van der Waals surface area (Å²) in [6.45, 7) is 6.47. The van der Waals surface area contributed by atoms with E-state index in [4.69, 9.17) is 9.15 Å². The van der Waals surface area contributed by atoms with E-state index in [0.717, 1.165) is 34.0 Å². The molecule has 2 aromatic heterocycles. The number of oxazole rings is 1. The largest absolute Gasteiger partial charge is 0.496 e. The van der Waals surface area contributed by atoms with Crippen LogP contribution in [-0.4, -0.2) is 27.8 Å². The monoisotopic (exact) mass is 430 g/mol. The standard InChI is InChI=1S/C25H26N4O3/c1-16-13-17(2)29(28-16)15-22-18(3)32-25(27-22)19-9-11-21(12-10-19)26-24(30)14-20-7-5-6-8-23(20)31-4/h5-13H,14-15H2,1-4H3,(H,26,30). The number of anilines is 1. The molecule has 7 nitrogen and oxygen atoms in total. The number of nitrogens with one attached hydrogen (secondary N) is 1. The van der Waals surface area contributed by atoms with Crippen LogP contribution >= 0.6 is 0 Å². The van der Waals surface area contributed by atoms with Crippen molar-refractivity contribution in [3.8, 4) is 17.2 Å². The molecule has 7 heteroatoms. The van der Waals surface area contributed by atoms with Crippen LogP contribution in [-0.2, 0) is 17.8 Å². The van der Waals surface area contributed by atoms with Crippen LogP contribution in [0.5, 0.6) is 5.75 Å². The minimum Gasteiger partial charge on any atom is -0.496 e. The molecule has 1 amide bonds. The number of benzene rings is 2. The number of carbonyl (C=O) groups is 1. The van der Waals surface area contributed by atoms with Crippen molar-refractivity contribution in [3.63, 3.8) is 0 Å². The van der Waals surface area contributed by atoms with Crippen molar-refractivity contribution < 1.29 is 13.9 Å². The van der Waals surface area contributed by atoms with E-state index >= 15 is 0 Å². The molecule has 1 N–H and O–H groups in total. The Hall–Kier alpha value is -3.87. The molecule has 2 heterocycles. The maximum atomic E-state index is 12.4. The van der Waals surface area contributed by atoms with Gasteiger partial charge in [-0.2, -0.15) is 5.10 Å². The van der Waals surface area contributed by atoms with Gasteiger partial charge in [-0.05, 0) is 57.2 Å². The molecular weight excluding hydrogens is 404 g/mol. The van der Waals surface area contributed by atoms with Crippen LogP contribution in [0.4, 0.5) is 5.69 Å². The van der Waals surface area contributed by atoms with E-state index in [1.165, 1.54) is 0 Å². The third kappa shape index (κ3) is 4.72. The summed E-state index contributed by atoms with van der Waals surface area (Å²) in [7, 11) is 1.60. The lowest BCUT2D eigenvalue weighted by atomic mass is 10.1. The van der Waals surface area contributed by atoms with Crippen molar-refractivity contribution in [3.05, 3.63) is 83.0 Å². The molecule has 0 radical (unpaired) electrons. The van der Waals surface area contributed by atoms with E-state index in [1.54, 1.807) is 7.11 Å². The molecule has 164 valence electrons. The molecule has 0 saturated heterocycles. The number of nitrogens with zero attached hydrogens (tertiary/aromatic N) is 3. The number of hydrogen-bond acceptors (Lipinski definition) is 5. The summed E-state index contributed by atoms with van der Waals surface area (Å²) < 4.78 is 13.1. The highest BCUT2D eigenvalue weighted by atomic mass is 16.5. The second-order valence-electron chi connectivity index (χ2n) is 7.72. The summed E-state index contributed by atoms with van der Waals surface area (Å²) in [6.07, 6.45) is 0.236. The predicted octanol–water partition coefficient (Wildman–Crippen LogP) is 4.70. The van der Waals surface area contributed by atoms with Gasteiger partial charge in [0.05, 0.1) is 25.8 Å². The lowest BCUT2D eigenvalue weighted by molar-refractivity contribution is -0.115. The molecule has 2 aromatic carbocycles. The van der Waals surface area contributed by atoms with Gasteiger partial charge in [0, 0.05) is 22.5 Å². The molecule has 0 aliphatic carbocycles. The summed E-state index contributed by atoms with van der Waals surface area (Å²) in [5.41, 5.74) is 5.30. The maximum absolute atomic E-state index is 12.4. The fourth-order valence-corrected chi connectivity index (χ4v) is 3.60. The van der Waals surface area contributed by atoms with E-state index in [2.05, 4.69) is 15.4 Å². The first kappa shape index (κ1) is 21.4. The van der Waals surface area contributed by atoms with Crippen molar-refractivity contribution in [2.45, 2.75) is 33.7 Å². The Kier molecular flexibility index (Phi) is 6.07. The molecule has 0 spiro atoms. The number of rotatable bonds is 7. The van der Waals surface area contributed by atoms with Crippen molar-refractivity contribution in [2.24, 2.45) is 0 Å². The zero-order valence-electron chi connectivity index (χ0n) is 18.7. The van der Waals surface area contributed by atoms with Gasteiger partial charge >= 0.3 is 0 Å². The van der Waals surface area contributed by atoms with Gasteiger partial charge in [0.2, 0.25) is 11.8 Å². The average molecular weight is 431 g/mol. The Bertz CT molecular complexity index is 1240. The Morgan fingerprint density at radius 1 is 1.09 bits per heavy atom. The number of hydrogen-bond donors (Lipinski definition) is 1. The fraction of sp³-hybridized carbons (Fsp3) is 0.240. The van der Waals surface area contributed by atoms with Gasteiger partial charge in [-0.15, -0.1) is 0 Å². The molecule has 0 atom stereocenters. The summed E-state index contributed by atoms with van der Waals surface area (Å²) in [4.78, 5) is 17.1. The summed E-state index contributed by atoms with van der Waals surface area (Å²) in [6, 6.07) is 17.0.